The predicted octanol–water partition coefficient (Wildman–Crippen LogP) is 1.89. The molecule has 0 aliphatic rings. The summed E-state index contributed by atoms with van der Waals surface area (Å²) in [7, 11) is 0. The third-order valence-electron chi connectivity index (χ3n) is 2.60. The number of aromatic nitrogens is 5. The zero-order valence-electron chi connectivity index (χ0n) is 11.0. The average Bonchev–Trinajstić information content (AvgIpc) is 2.81. The second-order valence-corrected chi connectivity index (χ2v) is 4.10. The summed E-state index contributed by atoms with van der Waals surface area (Å²) < 4.78 is 1.88. The third-order valence-corrected chi connectivity index (χ3v) is 2.60. The minimum Gasteiger partial charge on any atom is -0.354 e. The van der Waals surface area contributed by atoms with E-state index in [1.165, 1.54) is 0 Å². The quantitative estimate of drug-likeness (QED) is 0.872. The van der Waals surface area contributed by atoms with Crippen molar-refractivity contribution in [3.05, 3.63) is 18.0 Å². The maximum absolute atomic E-state index is 4.52. The van der Waals surface area contributed by atoms with E-state index in [4.69, 9.17) is 0 Å². The first-order valence-corrected chi connectivity index (χ1v) is 6.22. The molecule has 0 bridgehead atoms. The van der Waals surface area contributed by atoms with Crippen molar-refractivity contribution >= 4 is 5.95 Å². The summed E-state index contributed by atoms with van der Waals surface area (Å²) in [6.45, 7) is 7.77. The van der Waals surface area contributed by atoms with Gasteiger partial charge in [0.25, 0.3) is 0 Å². The highest BCUT2D eigenvalue weighted by Gasteiger charge is 2.11. The lowest BCUT2D eigenvalue weighted by Gasteiger charge is -2.08. The second-order valence-electron chi connectivity index (χ2n) is 4.10. The molecule has 1 N–H and O–H groups in total. The first kappa shape index (κ1) is 12.5. The van der Waals surface area contributed by atoms with Crippen molar-refractivity contribution in [1.82, 2.24) is 25.0 Å². The summed E-state index contributed by atoms with van der Waals surface area (Å²) in [6, 6.07) is 0. The molecule has 0 atom stereocenters. The molecule has 0 unspecified atom stereocenters. The van der Waals surface area contributed by atoms with E-state index < -0.39 is 0 Å². The molecule has 0 saturated carbocycles. The Balaban J connectivity index is 2.42. The Morgan fingerprint density at radius 1 is 1.28 bits per heavy atom. The average molecular weight is 246 g/mol. The fraction of sp³-hybridized carbons (Fsp3) is 0.500. The topological polar surface area (TPSA) is 68.5 Å². The van der Waals surface area contributed by atoms with Gasteiger partial charge in [0.05, 0.1) is 11.9 Å². The van der Waals surface area contributed by atoms with Gasteiger partial charge in [0.15, 0.2) is 0 Å². The van der Waals surface area contributed by atoms with Gasteiger partial charge < -0.3 is 5.32 Å². The molecule has 0 fully saturated rings. The van der Waals surface area contributed by atoms with E-state index in [9.17, 15) is 0 Å². The molecule has 6 nitrogen and oxygen atoms in total. The highest BCUT2D eigenvalue weighted by atomic mass is 15.4. The number of nitrogens with one attached hydrogen (secondary N) is 1. The van der Waals surface area contributed by atoms with E-state index in [1.54, 1.807) is 6.20 Å². The zero-order valence-corrected chi connectivity index (χ0v) is 11.0. The van der Waals surface area contributed by atoms with E-state index in [0.717, 1.165) is 36.5 Å². The van der Waals surface area contributed by atoms with E-state index in [1.807, 2.05) is 24.7 Å². The van der Waals surface area contributed by atoms with Crippen LogP contribution in [-0.2, 0) is 6.54 Å². The predicted molar refractivity (Wildman–Crippen MR) is 70.2 cm³/mol. The number of hydrogen-bond donors (Lipinski definition) is 1. The Bertz CT molecular complexity index is 519. The van der Waals surface area contributed by atoms with Crippen molar-refractivity contribution in [3.63, 3.8) is 0 Å². The molecule has 0 aromatic carbocycles. The van der Waals surface area contributed by atoms with Crippen molar-refractivity contribution < 1.29 is 0 Å². The van der Waals surface area contributed by atoms with Crippen LogP contribution in [0, 0.1) is 6.92 Å². The van der Waals surface area contributed by atoms with Gasteiger partial charge in [-0.15, -0.1) is 5.10 Å². The van der Waals surface area contributed by atoms with Crippen LogP contribution in [0.2, 0.25) is 0 Å². The lowest BCUT2D eigenvalue weighted by Crippen LogP contribution is -2.07. The Morgan fingerprint density at radius 3 is 2.83 bits per heavy atom. The molecule has 2 aromatic rings. The molecule has 0 aliphatic carbocycles. The number of aryl methyl sites for hydroxylation is 2. The smallest absolute Gasteiger partial charge is 0.223 e. The van der Waals surface area contributed by atoms with Gasteiger partial charge in [0, 0.05) is 19.3 Å². The van der Waals surface area contributed by atoms with E-state index in [2.05, 4.69) is 32.5 Å². The van der Waals surface area contributed by atoms with Gasteiger partial charge in [0.1, 0.15) is 5.69 Å². The molecule has 0 saturated heterocycles. The van der Waals surface area contributed by atoms with Crippen LogP contribution >= 0.6 is 0 Å². The Hall–Kier alpha value is -1.98. The SMILES string of the molecule is CCCn1nncc1-c1nc(NCC)ncc1C. The van der Waals surface area contributed by atoms with Crippen molar-refractivity contribution in [2.75, 3.05) is 11.9 Å². The molecule has 96 valence electrons. The first-order valence-electron chi connectivity index (χ1n) is 6.22. The molecule has 2 heterocycles. The normalized spacial score (nSPS) is 10.6. The van der Waals surface area contributed by atoms with Crippen molar-refractivity contribution in [1.29, 1.82) is 0 Å². The summed E-state index contributed by atoms with van der Waals surface area (Å²) in [5.74, 6) is 0.641. The van der Waals surface area contributed by atoms with Gasteiger partial charge in [-0.25, -0.2) is 14.6 Å². The molecular formula is C12H18N6. The summed E-state index contributed by atoms with van der Waals surface area (Å²) in [4.78, 5) is 8.77. The standard InChI is InChI=1S/C12H18N6/c1-4-6-18-10(8-15-17-18)11-9(3)7-14-12(16-11)13-5-2/h7-8H,4-6H2,1-3H3,(H,13,14,16). The molecule has 0 radical (unpaired) electrons. The second kappa shape index (κ2) is 5.57. The maximum Gasteiger partial charge on any atom is 0.223 e. The zero-order chi connectivity index (χ0) is 13.0. The molecule has 2 aromatic heterocycles. The van der Waals surface area contributed by atoms with Gasteiger partial charge in [-0.3, -0.25) is 0 Å². The lowest BCUT2D eigenvalue weighted by molar-refractivity contribution is 0.583. The minimum atomic E-state index is 0.641. The van der Waals surface area contributed by atoms with E-state index in [-0.39, 0.29) is 0 Å². The van der Waals surface area contributed by atoms with Gasteiger partial charge in [-0.1, -0.05) is 12.1 Å². The number of hydrogen-bond acceptors (Lipinski definition) is 5. The monoisotopic (exact) mass is 246 g/mol. The highest BCUT2D eigenvalue weighted by Crippen LogP contribution is 2.20. The molecule has 2 rings (SSSR count). The summed E-state index contributed by atoms with van der Waals surface area (Å²) in [5, 5.41) is 11.2. The first-order chi connectivity index (χ1) is 8.76. The van der Waals surface area contributed by atoms with Crippen LogP contribution in [0.25, 0.3) is 11.4 Å². The highest BCUT2D eigenvalue weighted by molar-refractivity contribution is 5.58. The van der Waals surface area contributed by atoms with Crippen LogP contribution < -0.4 is 5.32 Å². The van der Waals surface area contributed by atoms with Gasteiger partial charge in [0.2, 0.25) is 5.95 Å². The molecule has 6 heteroatoms. The van der Waals surface area contributed by atoms with Gasteiger partial charge >= 0.3 is 0 Å². The fourth-order valence-electron chi connectivity index (χ4n) is 1.76. The van der Waals surface area contributed by atoms with Gasteiger partial charge in [-0.2, -0.15) is 0 Å². The lowest BCUT2D eigenvalue weighted by atomic mass is 10.2. The van der Waals surface area contributed by atoms with Crippen LogP contribution in [0.4, 0.5) is 5.95 Å². The van der Waals surface area contributed by atoms with E-state index in [0.29, 0.717) is 5.95 Å². The minimum absolute atomic E-state index is 0.641. The van der Waals surface area contributed by atoms with Crippen LogP contribution in [0.15, 0.2) is 12.4 Å². The fourth-order valence-corrected chi connectivity index (χ4v) is 1.76. The Morgan fingerprint density at radius 2 is 2.11 bits per heavy atom. The third kappa shape index (κ3) is 2.47. The molecule has 0 spiro atoms. The number of rotatable bonds is 5. The summed E-state index contributed by atoms with van der Waals surface area (Å²) in [5.41, 5.74) is 2.85. The van der Waals surface area contributed by atoms with Crippen molar-refractivity contribution in [2.45, 2.75) is 33.7 Å². The summed E-state index contributed by atoms with van der Waals surface area (Å²) in [6.07, 6.45) is 4.59. The largest absolute Gasteiger partial charge is 0.354 e. The molecular weight excluding hydrogens is 228 g/mol. The van der Waals surface area contributed by atoms with Gasteiger partial charge in [-0.05, 0) is 25.8 Å². The molecule has 18 heavy (non-hydrogen) atoms. The van der Waals surface area contributed by atoms with E-state index >= 15 is 0 Å². The van der Waals surface area contributed by atoms with Crippen molar-refractivity contribution in [2.24, 2.45) is 0 Å². The Labute approximate surface area is 106 Å². The molecule has 0 amide bonds. The maximum atomic E-state index is 4.52. The molecule has 0 aliphatic heterocycles. The number of nitrogens with zero attached hydrogens (tertiary/aromatic N) is 5. The van der Waals surface area contributed by atoms with Crippen molar-refractivity contribution in [3.8, 4) is 11.4 Å². The van der Waals surface area contributed by atoms with Crippen LogP contribution in [0.1, 0.15) is 25.8 Å². The summed E-state index contributed by atoms with van der Waals surface area (Å²) >= 11 is 0. The van der Waals surface area contributed by atoms with Crippen LogP contribution in [0.5, 0.6) is 0 Å². The Kier molecular flexibility index (Phi) is 3.86. The van der Waals surface area contributed by atoms with Crippen LogP contribution in [-0.4, -0.2) is 31.5 Å². The van der Waals surface area contributed by atoms with Crippen LogP contribution in [0.3, 0.4) is 0 Å². The number of anilines is 1.